The van der Waals surface area contributed by atoms with Crippen LogP contribution < -0.4 is 5.32 Å². The first-order valence-corrected chi connectivity index (χ1v) is 4.75. The smallest absolute Gasteiger partial charge is 0.00914 e. The van der Waals surface area contributed by atoms with Crippen molar-refractivity contribution in [3.8, 4) is 0 Å². The molecule has 0 bridgehead atoms. The highest BCUT2D eigenvalue weighted by Gasteiger charge is 2.14. The minimum Gasteiger partial charge on any atom is -0.314 e. The van der Waals surface area contributed by atoms with Crippen LogP contribution in [-0.2, 0) is 0 Å². The van der Waals surface area contributed by atoms with Gasteiger partial charge in [0.25, 0.3) is 0 Å². The summed E-state index contributed by atoms with van der Waals surface area (Å²) in [6.07, 6.45) is 3.92. The number of rotatable bonds is 3. The van der Waals surface area contributed by atoms with E-state index in [0.717, 1.165) is 6.04 Å². The Morgan fingerprint density at radius 2 is 2.00 bits per heavy atom. The standard InChI is InChI=1S/C9H20N2/c1-3-6-10-9-4-7-11(2)8-5-9/h9-10H,3-8H2,1-2H3. The predicted molar refractivity (Wildman–Crippen MR) is 48.8 cm³/mol. The van der Waals surface area contributed by atoms with Gasteiger partial charge < -0.3 is 10.2 Å². The molecule has 0 spiro atoms. The number of hydrogen-bond donors (Lipinski definition) is 1. The summed E-state index contributed by atoms with van der Waals surface area (Å²) in [5.41, 5.74) is 0. The van der Waals surface area contributed by atoms with E-state index in [1.807, 2.05) is 0 Å². The normalized spacial score (nSPS) is 22.4. The fourth-order valence-electron chi connectivity index (χ4n) is 1.56. The molecule has 0 unspecified atom stereocenters. The van der Waals surface area contributed by atoms with E-state index in [0.29, 0.717) is 0 Å². The van der Waals surface area contributed by atoms with Crippen LogP contribution in [0.2, 0.25) is 0 Å². The Bertz CT molecular complexity index is 93.0. The van der Waals surface area contributed by atoms with Crippen molar-refractivity contribution >= 4 is 0 Å². The highest BCUT2D eigenvalue weighted by molar-refractivity contribution is 4.74. The second-order valence-electron chi connectivity index (χ2n) is 3.53. The molecule has 66 valence electrons. The summed E-state index contributed by atoms with van der Waals surface area (Å²) < 4.78 is 0. The van der Waals surface area contributed by atoms with Crippen LogP contribution in [0.25, 0.3) is 0 Å². The van der Waals surface area contributed by atoms with E-state index in [1.165, 1.54) is 38.9 Å². The van der Waals surface area contributed by atoms with Gasteiger partial charge in [-0.25, -0.2) is 0 Å². The van der Waals surface area contributed by atoms with Gasteiger partial charge in [0.2, 0.25) is 0 Å². The Kier molecular flexibility index (Phi) is 3.87. The Morgan fingerprint density at radius 1 is 1.36 bits per heavy atom. The second-order valence-corrected chi connectivity index (χ2v) is 3.53. The second kappa shape index (κ2) is 4.73. The van der Waals surface area contributed by atoms with Crippen LogP contribution in [-0.4, -0.2) is 37.6 Å². The largest absolute Gasteiger partial charge is 0.314 e. The van der Waals surface area contributed by atoms with Gasteiger partial charge in [-0.05, 0) is 45.9 Å². The Hall–Kier alpha value is -0.0800. The first-order chi connectivity index (χ1) is 5.33. The van der Waals surface area contributed by atoms with Gasteiger partial charge in [0.15, 0.2) is 0 Å². The first kappa shape index (κ1) is 9.01. The fourth-order valence-corrected chi connectivity index (χ4v) is 1.56. The summed E-state index contributed by atoms with van der Waals surface area (Å²) in [5.74, 6) is 0. The number of hydrogen-bond acceptors (Lipinski definition) is 2. The van der Waals surface area contributed by atoms with Crippen LogP contribution in [0.3, 0.4) is 0 Å². The van der Waals surface area contributed by atoms with Crippen molar-refractivity contribution in [2.45, 2.75) is 32.2 Å². The lowest BCUT2D eigenvalue weighted by atomic mass is 10.1. The number of piperidine rings is 1. The van der Waals surface area contributed by atoms with Gasteiger partial charge in [-0.15, -0.1) is 0 Å². The molecule has 0 radical (unpaired) electrons. The molecule has 0 aromatic rings. The lowest BCUT2D eigenvalue weighted by molar-refractivity contribution is 0.235. The summed E-state index contributed by atoms with van der Waals surface area (Å²) in [7, 11) is 2.20. The van der Waals surface area contributed by atoms with Gasteiger partial charge in [-0.3, -0.25) is 0 Å². The summed E-state index contributed by atoms with van der Waals surface area (Å²) in [5, 5.41) is 3.57. The SMILES string of the molecule is CCCNC1CCN(C)CC1. The van der Waals surface area contributed by atoms with E-state index < -0.39 is 0 Å². The minimum atomic E-state index is 0.797. The van der Waals surface area contributed by atoms with Crippen LogP contribution in [0.5, 0.6) is 0 Å². The molecule has 1 heterocycles. The maximum absolute atomic E-state index is 3.57. The number of likely N-dealkylation sites (tertiary alicyclic amines) is 1. The average Bonchev–Trinajstić information content (AvgIpc) is 2.04. The lowest BCUT2D eigenvalue weighted by Crippen LogP contribution is -2.40. The van der Waals surface area contributed by atoms with Crippen molar-refractivity contribution in [3.05, 3.63) is 0 Å². The predicted octanol–water partition coefficient (Wildman–Crippen LogP) is 1.08. The molecule has 0 amide bonds. The molecule has 1 aliphatic rings. The summed E-state index contributed by atoms with van der Waals surface area (Å²) in [6.45, 7) is 5.94. The Labute approximate surface area is 70.0 Å². The maximum Gasteiger partial charge on any atom is 0.00914 e. The topological polar surface area (TPSA) is 15.3 Å². The lowest BCUT2D eigenvalue weighted by Gasteiger charge is -2.29. The zero-order valence-corrected chi connectivity index (χ0v) is 7.77. The van der Waals surface area contributed by atoms with Gasteiger partial charge in [0.05, 0.1) is 0 Å². The summed E-state index contributed by atoms with van der Waals surface area (Å²) in [4.78, 5) is 2.41. The zero-order chi connectivity index (χ0) is 8.10. The molecule has 0 aliphatic carbocycles. The van der Waals surface area contributed by atoms with Gasteiger partial charge in [-0.1, -0.05) is 6.92 Å². The Morgan fingerprint density at radius 3 is 2.55 bits per heavy atom. The summed E-state index contributed by atoms with van der Waals surface area (Å²) >= 11 is 0. The van der Waals surface area contributed by atoms with Crippen molar-refractivity contribution in [3.63, 3.8) is 0 Å². The first-order valence-electron chi connectivity index (χ1n) is 4.75. The van der Waals surface area contributed by atoms with Gasteiger partial charge in [0, 0.05) is 6.04 Å². The van der Waals surface area contributed by atoms with Crippen LogP contribution in [0.15, 0.2) is 0 Å². The molecule has 1 N–H and O–H groups in total. The maximum atomic E-state index is 3.57. The minimum absolute atomic E-state index is 0.797. The van der Waals surface area contributed by atoms with E-state index in [4.69, 9.17) is 0 Å². The zero-order valence-electron chi connectivity index (χ0n) is 7.77. The highest BCUT2D eigenvalue weighted by Crippen LogP contribution is 2.07. The van der Waals surface area contributed by atoms with E-state index in [2.05, 4.69) is 24.2 Å². The monoisotopic (exact) mass is 156 g/mol. The van der Waals surface area contributed by atoms with Gasteiger partial charge in [0.1, 0.15) is 0 Å². The highest BCUT2D eigenvalue weighted by atomic mass is 15.1. The molecular weight excluding hydrogens is 136 g/mol. The molecule has 2 heteroatoms. The average molecular weight is 156 g/mol. The van der Waals surface area contributed by atoms with Crippen molar-refractivity contribution in [1.82, 2.24) is 10.2 Å². The molecule has 1 fully saturated rings. The third-order valence-electron chi connectivity index (χ3n) is 2.40. The molecule has 0 aromatic heterocycles. The number of nitrogens with zero attached hydrogens (tertiary/aromatic N) is 1. The molecule has 1 rings (SSSR count). The van der Waals surface area contributed by atoms with Crippen molar-refractivity contribution < 1.29 is 0 Å². The molecule has 1 aliphatic heterocycles. The molecule has 0 saturated carbocycles. The van der Waals surface area contributed by atoms with Crippen LogP contribution in [0.4, 0.5) is 0 Å². The Balaban J connectivity index is 2.07. The molecular formula is C9H20N2. The third-order valence-corrected chi connectivity index (χ3v) is 2.40. The van der Waals surface area contributed by atoms with Gasteiger partial charge >= 0.3 is 0 Å². The molecule has 0 aromatic carbocycles. The van der Waals surface area contributed by atoms with Crippen molar-refractivity contribution in [1.29, 1.82) is 0 Å². The van der Waals surface area contributed by atoms with E-state index in [9.17, 15) is 0 Å². The quantitative estimate of drug-likeness (QED) is 0.658. The molecule has 11 heavy (non-hydrogen) atoms. The van der Waals surface area contributed by atoms with Crippen molar-refractivity contribution in [2.75, 3.05) is 26.7 Å². The van der Waals surface area contributed by atoms with Crippen molar-refractivity contribution in [2.24, 2.45) is 0 Å². The van der Waals surface area contributed by atoms with Crippen LogP contribution >= 0.6 is 0 Å². The summed E-state index contributed by atoms with van der Waals surface area (Å²) in [6, 6.07) is 0.797. The molecule has 0 atom stereocenters. The molecule has 1 saturated heterocycles. The van der Waals surface area contributed by atoms with Crippen LogP contribution in [0, 0.1) is 0 Å². The number of nitrogens with one attached hydrogen (secondary N) is 1. The van der Waals surface area contributed by atoms with E-state index >= 15 is 0 Å². The fraction of sp³-hybridized carbons (Fsp3) is 1.00. The third kappa shape index (κ3) is 3.21. The molecule has 2 nitrogen and oxygen atoms in total. The van der Waals surface area contributed by atoms with Crippen LogP contribution in [0.1, 0.15) is 26.2 Å². The van der Waals surface area contributed by atoms with E-state index in [-0.39, 0.29) is 0 Å². The van der Waals surface area contributed by atoms with E-state index in [1.54, 1.807) is 0 Å². The van der Waals surface area contributed by atoms with Gasteiger partial charge in [-0.2, -0.15) is 0 Å².